The summed E-state index contributed by atoms with van der Waals surface area (Å²) in [5.41, 5.74) is 1.44. The molecule has 0 atom stereocenters. The van der Waals surface area contributed by atoms with Gasteiger partial charge < -0.3 is 20.1 Å². The van der Waals surface area contributed by atoms with E-state index in [4.69, 9.17) is 9.47 Å². The minimum Gasteiger partial charge on any atom is -0.484 e. The normalized spacial score (nSPS) is 12.8. The highest BCUT2D eigenvalue weighted by molar-refractivity contribution is 5.97. The lowest BCUT2D eigenvalue weighted by molar-refractivity contribution is -0.118. The molecule has 1 aliphatic rings. The first-order chi connectivity index (χ1) is 13.5. The van der Waals surface area contributed by atoms with E-state index in [1.165, 1.54) is 0 Å². The fourth-order valence-corrected chi connectivity index (χ4v) is 2.48. The number of benzene rings is 2. The van der Waals surface area contributed by atoms with Crippen molar-refractivity contribution < 1.29 is 23.9 Å². The molecule has 0 saturated heterocycles. The zero-order valence-corrected chi connectivity index (χ0v) is 15.6. The van der Waals surface area contributed by atoms with E-state index in [1.54, 1.807) is 55.5 Å². The average molecular weight is 382 g/mol. The van der Waals surface area contributed by atoms with Gasteiger partial charge in [-0.2, -0.15) is 0 Å². The molecule has 7 nitrogen and oxygen atoms in total. The van der Waals surface area contributed by atoms with Gasteiger partial charge in [0.15, 0.2) is 6.61 Å². The molecule has 1 saturated carbocycles. The molecule has 2 aromatic rings. The Bertz CT molecular complexity index is 859. The molecule has 7 heteroatoms. The molecule has 2 N–H and O–H groups in total. The van der Waals surface area contributed by atoms with E-state index >= 15 is 0 Å². The van der Waals surface area contributed by atoms with Gasteiger partial charge in [0.2, 0.25) is 0 Å². The van der Waals surface area contributed by atoms with E-state index in [1.807, 2.05) is 0 Å². The Hall–Kier alpha value is -3.35. The zero-order chi connectivity index (χ0) is 19.9. The number of carbonyl (C=O) groups is 3. The van der Waals surface area contributed by atoms with Crippen LogP contribution in [0.2, 0.25) is 0 Å². The van der Waals surface area contributed by atoms with Crippen molar-refractivity contribution in [3.05, 3.63) is 59.7 Å². The number of nitrogens with one attached hydrogen (secondary N) is 2. The van der Waals surface area contributed by atoms with Crippen LogP contribution in [0.1, 0.15) is 40.5 Å². The third-order valence-corrected chi connectivity index (χ3v) is 4.06. The average Bonchev–Trinajstić information content (AvgIpc) is 3.51. The number of carbonyl (C=O) groups excluding carboxylic acids is 3. The van der Waals surface area contributed by atoms with E-state index in [2.05, 4.69) is 10.6 Å². The summed E-state index contributed by atoms with van der Waals surface area (Å²) < 4.78 is 10.3. The molecule has 2 amide bonds. The highest BCUT2D eigenvalue weighted by atomic mass is 16.5. The van der Waals surface area contributed by atoms with E-state index in [9.17, 15) is 14.4 Å². The van der Waals surface area contributed by atoms with E-state index in [0.717, 1.165) is 12.8 Å². The lowest BCUT2D eigenvalue weighted by atomic mass is 10.2. The maximum atomic E-state index is 12.1. The van der Waals surface area contributed by atoms with Crippen molar-refractivity contribution in [2.24, 2.45) is 0 Å². The van der Waals surface area contributed by atoms with Gasteiger partial charge in [0.1, 0.15) is 5.75 Å². The Morgan fingerprint density at radius 3 is 2.46 bits per heavy atom. The van der Waals surface area contributed by atoms with Crippen LogP contribution in [0.4, 0.5) is 5.69 Å². The van der Waals surface area contributed by atoms with Crippen molar-refractivity contribution in [2.75, 3.05) is 18.5 Å². The fraction of sp³-hybridized carbons (Fsp3) is 0.286. The summed E-state index contributed by atoms with van der Waals surface area (Å²) in [4.78, 5) is 35.8. The van der Waals surface area contributed by atoms with Gasteiger partial charge in [0, 0.05) is 17.3 Å². The van der Waals surface area contributed by atoms with Gasteiger partial charge in [0.25, 0.3) is 11.8 Å². The molecule has 0 aromatic heterocycles. The topological polar surface area (TPSA) is 93.7 Å². The number of hydrogen-bond acceptors (Lipinski definition) is 5. The molecule has 3 rings (SSSR count). The lowest BCUT2D eigenvalue weighted by Crippen LogP contribution is -2.25. The predicted molar refractivity (Wildman–Crippen MR) is 103 cm³/mol. The molecular formula is C21H22N2O5. The largest absolute Gasteiger partial charge is 0.484 e. The Morgan fingerprint density at radius 2 is 1.79 bits per heavy atom. The molecule has 146 valence electrons. The maximum absolute atomic E-state index is 12.1. The summed E-state index contributed by atoms with van der Waals surface area (Å²) in [6.45, 7) is 1.85. The first kappa shape index (κ1) is 19.4. The molecule has 0 spiro atoms. The third kappa shape index (κ3) is 5.57. The van der Waals surface area contributed by atoms with Crippen molar-refractivity contribution in [1.82, 2.24) is 5.32 Å². The van der Waals surface area contributed by atoms with Crippen molar-refractivity contribution in [2.45, 2.75) is 25.8 Å². The van der Waals surface area contributed by atoms with Crippen LogP contribution in [0.5, 0.6) is 5.75 Å². The molecule has 1 aliphatic carbocycles. The first-order valence-electron chi connectivity index (χ1n) is 9.16. The highest BCUT2D eigenvalue weighted by Crippen LogP contribution is 2.20. The number of rotatable bonds is 8. The molecule has 28 heavy (non-hydrogen) atoms. The smallest absolute Gasteiger partial charge is 0.338 e. The van der Waals surface area contributed by atoms with Gasteiger partial charge in [0.05, 0.1) is 12.2 Å². The lowest BCUT2D eigenvalue weighted by Gasteiger charge is -2.09. The van der Waals surface area contributed by atoms with Crippen molar-refractivity contribution in [3.63, 3.8) is 0 Å². The van der Waals surface area contributed by atoms with Gasteiger partial charge in [-0.25, -0.2) is 4.79 Å². The van der Waals surface area contributed by atoms with Gasteiger partial charge in [-0.15, -0.1) is 0 Å². The van der Waals surface area contributed by atoms with Gasteiger partial charge in [-0.05, 0) is 62.2 Å². The molecule has 0 aliphatic heterocycles. The summed E-state index contributed by atoms with van der Waals surface area (Å²) >= 11 is 0. The van der Waals surface area contributed by atoms with E-state index in [-0.39, 0.29) is 24.5 Å². The molecule has 0 radical (unpaired) electrons. The number of anilines is 1. The maximum Gasteiger partial charge on any atom is 0.338 e. The molecule has 0 bridgehead atoms. The zero-order valence-electron chi connectivity index (χ0n) is 15.6. The highest BCUT2D eigenvalue weighted by Gasteiger charge is 2.23. The first-order valence-corrected chi connectivity index (χ1v) is 9.16. The van der Waals surface area contributed by atoms with Crippen molar-refractivity contribution >= 4 is 23.5 Å². The van der Waals surface area contributed by atoms with Crippen molar-refractivity contribution in [1.29, 1.82) is 0 Å². The second-order valence-corrected chi connectivity index (χ2v) is 6.41. The molecule has 2 aromatic carbocycles. The summed E-state index contributed by atoms with van der Waals surface area (Å²) in [5.74, 6) is -0.441. The summed E-state index contributed by atoms with van der Waals surface area (Å²) in [5, 5.41) is 5.61. The van der Waals surface area contributed by atoms with Crippen LogP contribution < -0.4 is 15.4 Å². The van der Waals surface area contributed by atoms with Crippen LogP contribution in [0.15, 0.2) is 48.5 Å². The monoisotopic (exact) mass is 382 g/mol. The summed E-state index contributed by atoms with van der Waals surface area (Å²) in [6.07, 6.45) is 2.03. The molecule has 0 unspecified atom stereocenters. The number of hydrogen-bond donors (Lipinski definition) is 2. The van der Waals surface area contributed by atoms with Crippen LogP contribution in [0.3, 0.4) is 0 Å². The van der Waals surface area contributed by atoms with Gasteiger partial charge in [-0.1, -0.05) is 6.07 Å². The minimum atomic E-state index is -0.405. The molecule has 0 heterocycles. The van der Waals surface area contributed by atoms with Crippen molar-refractivity contribution in [3.8, 4) is 5.75 Å². The quantitative estimate of drug-likeness (QED) is 0.685. The Balaban J connectivity index is 1.50. The van der Waals surface area contributed by atoms with Gasteiger partial charge >= 0.3 is 5.97 Å². The number of amides is 2. The van der Waals surface area contributed by atoms with E-state index < -0.39 is 5.97 Å². The SMILES string of the molecule is CCOC(=O)c1ccc(OCC(=O)Nc2cccc(C(=O)NC3CC3)c2)cc1. The fourth-order valence-electron chi connectivity index (χ4n) is 2.48. The Morgan fingerprint density at radius 1 is 1.04 bits per heavy atom. The summed E-state index contributed by atoms with van der Waals surface area (Å²) in [7, 11) is 0. The van der Waals surface area contributed by atoms with Crippen LogP contribution in [-0.2, 0) is 9.53 Å². The van der Waals surface area contributed by atoms with Crippen LogP contribution >= 0.6 is 0 Å². The molecular weight excluding hydrogens is 360 g/mol. The third-order valence-electron chi connectivity index (χ3n) is 4.06. The second kappa shape index (κ2) is 9.03. The Labute approximate surface area is 163 Å². The number of esters is 1. The standard InChI is InChI=1S/C21H22N2O5/c1-2-27-21(26)14-6-10-18(11-7-14)28-13-19(24)22-17-5-3-4-15(12-17)20(25)23-16-8-9-16/h3-7,10-12,16H,2,8-9,13H2,1H3,(H,22,24)(H,23,25). The second-order valence-electron chi connectivity index (χ2n) is 6.41. The van der Waals surface area contributed by atoms with Crippen LogP contribution in [-0.4, -0.2) is 37.0 Å². The van der Waals surface area contributed by atoms with Gasteiger partial charge in [-0.3, -0.25) is 9.59 Å². The summed E-state index contributed by atoms with van der Waals surface area (Å²) in [6, 6.07) is 13.4. The Kier molecular flexibility index (Phi) is 6.26. The number of ether oxygens (including phenoxy) is 2. The molecule has 1 fully saturated rings. The van der Waals surface area contributed by atoms with Crippen LogP contribution in [0.25, 0.3) is 0 Å². The van der Waals surface area contributed by atoms with E-state index in [0.29, 0.717) is 29.2 Å². The van der Waals surface area contributed by atoms with Crippen LogP contribution in [0, 0.1) is 0 Å². The predicted octanol–water partition coefficient (Wildman–Crippen LogP) is 2.77. The minimum absolute atomic E-state index is 0.142.